The zero-order chi connectivity index (χ0) is 15.7. The summed E-state index contributed by atoms with van der Waals surface area (Å²) in [6.45, 7) is 8.11. The van der Waals surface area contributed by atoms with Crippen LogP contribution >= 0.6 is 0 Å². The molecule has 0 bridgehead atoms. The summed E-state index contributed by atoms with van der Waals surface area (Å²) < 4.78 is 7.08. The molecule has 0 aromatic carbocycles. The fourth-order valence-electron chi connectivity index (χ4n) is 2.80. The molecule has 0 aliphatic carbocycles. The first kappa shape index (κ1) is 14.9. The summed E-state index contributed by atoms with van der Waals surface area (Å²) in [5, 5.41) is 12.5. The molecule has 0 fully saturated rings. The van der Waals surface area contributed by atoms with Crippen LogP contribution in [0.15, 0.2) is 15.3 Å². The van der Waals surface area contributed by atoms with Crippen LogP contribution in [0.1, 0.15) is 49.3 Å². The van der Waals surface area contributed by atoms with Crippen molar-refractivity contribution in [3.05, 3.63) is 39.5 Å². The molecule has 2 aromatic rings. The Hall–Kier alpha value is -2.02. The molecule has 22 heavy (non-hydrogen) atoms. The average molecular weight is 303 g/mol. The lowest BCUT2D eigenvalue weighted by atomic mass is 10.0. The van der Waals surface area contributed by atoms with E-state index in [9.17, 15) is 4.79 Å². The third-order valence-electron chi connectivity index (χ3n) is 4.06. The second-order valence-electron chi connectivity index (χ2n) is 5.73. The monoisotopic (exact) mass is 303 g/mol. The summed E-state index contributed by atoms with van der Waals surface area (Å²) in [6, 6.07) is 1.75. The van der Waals surface area contributed by atoms with Crippen LogP contribution in [0, 0.1) is 6.92 Å². The molecular weight excluding hydrogens is 282 g/mol. The topological polar surface area (TPSA) is 77.1 Å². The lowest BCUT2D eigenvalue weighted by Crippen LogP contribution is -2.36. The van der Waals surface area contributed by atoms with Crippen LogP contribution in [0.3, 0.4) is 0 Å². The first-order chi connectivity index (χ1) is 10.6. The van der Waals surface area contributed by atoms with Crippen molar-refractivity contribution in [3.8, 4) is 0 Å². The molecule has 118 valence electrons. The molecule has 7 nitrogen and oxygen atoms in total. The number of aryl methyl sites for hydroxylation is 2. The minimum Gasteiger partial charge on any atom is -0.424 e. The molecule has 0 N–H and O–H groups in total. The Kier molecular flexibility index (Phi) is 4.06. The Morgan fingerprint density at radius 3 is 2.91 bits per heavy atom. The zero-order valence-corrected chi connectivity index (χ0v) is 13.2. The van der Waals surface area contributed by atoms with Crippen LogP contribution in [0.4, 0.5) is 0 Å². The van der Waals surface area contributed by atoms with E-state index in [0.29, 0.717) is 24.9 Å². The van der Waals surface area contributed by atoms with Gasteiger partial charge in [0.15, 0.2) is 0 Å². The Labute approximate surface area is 129 Å². The van der Waals surface area contributed by atoms with E-state index in [4.69, 9.17) is 4.42 Å². The van der Waals surface area contributed by atoms with E-state index in [-0.39, 0.29) is 11.6 Å². The van der Waals surface area contributed by atoms with E-state index in [2.05, 4.69) is 20.2 Å². The van der Waals surface area contributed by atoms with E-state index >= 15 is 0 Å². The summed E-state index contributed by atoms with van der Waals surface area (Å²) in [4.78, 5) is 14.3. The van der Waals surface area contributed by atoms with Crippen molar-refractivity contribution in [1.29, 1.82) is 0 Å². The molecule has 0 amide bonds. The second-order valence-corrected chi connectivity index (χ2v) is 5.73. The van der Waals surface area contributed by atoms with Crippen molar-refractivity contribution in [3.63, 3.8) is 0 Å². The van der Waals surface area contributed by atoms with Crippen molar-refractivity contribution >= 4 is 0 Å². The molecule has 7 heteroatoms. The summed E-state index contributed by atoms with van der Waals surface area (Å²) in [5.74, 6) is 1.19. The van der Waals surface area contributed by atoms with Gasteiger partial charge in [0.25, 0.3) is 5.56 Å². The minimum atomic E-state index is -0.0243. The molecular formula is C15H21N5O2. The fraction of sp³-hybridized carbons (Fsp3) is 0.600. The molecule has 3 heterocycles. The van der Waals surface area contributed by atoms with Gasteiger partial charge in [0.05, 0.1) is 11.7 Å². The van der Waals surface area contributed by atoms with Crippen LogP contribution in [-0.2, 0) is 19.5 Å². The maximum atomic E-state index is 12.1. The fourth-order valence-corrected chi connectivity index (χ4v) is 2.80. The van der Waals surface area contributed by atoms with Gasteiger partial charge in [0, 0.05) is 39.0 Å². The molecule has 0 spiro atoms. The van der Waals surface area contributed by atoms with Gasteiger partial charge in [-0.05, 0) is 18.9 Å². The van der Waals surface area contributed by atoms with Crippen LogP contribution < -0.4 is 5.56 Å². The van der Waals surface area contributed by atoms with Gasteiger partial charge < -0.3 is 4.42 Å². The van der Waals surface area contributed by atoms with Gasteiger partial charge in [-0.3, -0.25) is 9.69 Å². The summed E-state index contributed by atoms with van der Waals surface area (Å²) in [7, 11) is 0. The highest BCUT2D eigenvalue weighted by atomic mass is 16.4. The molecule has 2 aromatic heterocycles. The molecule has 1 atom stereocenters. The quantitative estimate of drug-likeness (QED) is 0.851. The molecule has 0 radical (unpaired) electrons. The first-order valence-electron chi connectivity index (χ1n) is 7.72. The van der Waals surface area contributed by atoms with Crippen molar-refractivity contribution < 1.29 is 4.42 Å². The lowest BCUT2D eigenvalue weighted by Gasteiger charge is -2.31. The number of hydrogen-bond acceptors (Lipinski definition) is 6. The van der Waals surface area contributed by atoms with Gasteiger partial charge in [-0.2, -0.15) is 5.10 Å². The molecule has 0 saturated carbocycles. The highest BCUT2D eigenvalue weighted by molar-refractivity contribution is 5.21. The predicted octanol–water partition coefficient (Wildman–Crippen LogP) is 1.46. The maximum absolute atomic E-state index is 12.1. The van der Waals surface area contributed by atoms with Crippen LogP contribution in [-0.4, -0.2) is 31.4 Å². The molecule has 0 unspecified atom stereocenters. The number of hydrogen-bond donors (Lipinski definition) is 0. The normalized spacial score (nSPS) is 16.5. The van der Waals surface area contributed by atoms with Gasteiger partial charge >= 0.3 is 0 Å². The van der Waals surface area contributed by atoms with Crippen LogP contribution in [0.5, 0.6) is 0 Å². The number of fused-ring (bicyclic) bond motifs is 1. The Morgan fingerprint density at radius 1 is 1.41 bits per heavy atom. The number of nitrogens with zero attached hydrogens (tertiary/aromatic N) is 5. The van der Waals surface area contributed by atoms with Gasteiger partial charge in [-0.25, -0.2) is 4.68 Å². The van der Waals surface area contributed by atoms with Crippen molar-refractivity contribution in [1.82, 2.24) is 24.9 Å². The van der Waals surface area contributed by atoms with Crippen LogP contribution in [0.25, 0.3) is 0 Å². The smallest absolute Gasteiger partial charge is 0.267 e. The number of aromatic nitrogens is 4. The third-order valence-corrected chi connectivity index (χ3v) is 4.06. The lowest BCUT2D eigenvalue weighted by molar-refractivity contribution is 0.163. The third kappa shape index (κ3) is 2.81. The maximum Gasteiger partial charge on any atom is 0.267 e. The highest BCUT2D eigenvalue weighted by Gasteiger charge is 2.26. The average Bonchev–Trinajstić information content (AvgIpc) is 2.93. The van der Waals surface area contributed by atoms with E-state index in [1.54, 1.807) is 17.7 Å². The van der Waals surface area contributed by atoms with Gasteiger partial charge in [0.2, 0.25) is 11.8 Å². The van der Waals surface area contributed by atoms with E-state index < -0.39 is 0 Å². The predicted molar refractivity (Wildman–Crippen MR) is 80.4 cm³/mol. The van der Waals surface area contributed by atoms with Gasteiger partial charge in [-0.1, -0.05) is 6.92 Å². The Balaban J connectivity index is 1.81. The second kappa shape index (κ2) is 6.00. The summed E-state index contributed by atoms with van der Waals surface area (Å²) >= 11 is 0. The SMILES string of the molecule is CCCn1nc2c(cc1=O)CN([C@@H](C)c1nnc(C)o1)CC2. The van der Waals surface area contributed by atoms with Crippen molar-refractivity contribution in [2.75, 3.05) is 6.54 Å². The van der Waals surface area contributed by atoms with Crippen molar-refractivity contribution in [2.45, 2.75) is 52.7 Å². The molecule has 0 saturated heterocycles. The van der Waals surface area contributed by atoms with Gasteiger partial charge in [-0.15, -0.1) is 10.2 Å². The number of rotatable bonds is 4. The van der Waals surface area contributed by atoms with Crippen molar-refractivity contribution in [2.24, 2.45) is 0 Å². The van der Waals surface area contributed by atoms with Crippen LogP contribution in [0.2, 0.25) is 0 Å². The van der Waals surface area contributed by atoms with E-state index in [0.717, 1.165) is 30.6 Å². The molecule has 1 aliphatic rings. The van der Waals surface area contributed by atoms with E-state index in [1.807, 2.05) is 13.8 Å². The summed E-state index contributed by atoms with van der Waals surface area (Å²) in [6.07, 6.45) is 1.74. The Bertz CT molecular complexity index is 721. The largest absolute Gasteiger partial charge is 0.424 e. The molecule has 1 aliphatic heterocycles. The highest BCUT2D eigenvalue weighted by Crippen LogP contribution is 2.25. The zero-order valence-electron chi connectivity index (χ0n) is 13.2. The van der Waals surface area contributed by atoms with E-state index in [1.165, 1.54) is 0 Å². The molecule has 3 rings (SSSR count). The summed E-state index contributed by atoms with van der Waals surface area (Å²) in [5.41, 5.74) is 2.01. The Morgan fingerprint density at radius 2 is 2.23 bits per heavy atom. The first-order valence-corrected chi connectivity index (χ1v) is 7.72. The van der Waals surface area contributed by atoms with Gasteiger partial charge in [0.1, 0.15) is 0 Å². The minimum absolute atomic E-state index is 0.0243. The standard InChI is InChI=1S/C15H21N5O2/c1-4-6-20-14(21)8-12-9-19(7-5-13(12)18-20)10(2)15-17-16-11(3)22-15/h8,10H,4-7,9H2,1-3H3/t10-/m0/s1.